The highest BCUT2D eigenvalue weighted by molar-refractivity contribution is 7.94. The maximum atomic E-state index is 13.1. The molecule has 3 heterocycles. The lowest BCUT2D eigenvalue weighted by Crippen LogP contribution is -2.51. The maximum absolute atomic E-state index is 13.1. The second-order valence-corrected chi connectivity index (χ2v) is 11.3. The van der Waals surface area contributed by atoms with Gasteiger partial charge in [-0.25, -0.2) is 8.42 Å². The van der Waals surface area contributed by atoms with Gasteiger partial charge in [-0.2, -0.15) is 0 Å². The van der Waals surface area contributed by atoms with Crippen molar-refractivity contribution in [1.29, 1.82) is 0 Å². The number of hydrogen-bond donors (Lipinski definition) is 1. The molecule has 0 spiro atoms. The second-order valence-electron chi connectivity index (χ2n) is 9.18. The van der Waals surface area contributed by atoms with Gasteiger partial charge in [-0.1, -0.05) is 24.8 Å². The van der Waals surface area contributed by atoms with Crippen molar-refractivity contribution in [2.24, 2.45) is 0 Å². The molecule has 2 fully saturated rings. The fraction of sp³-hybridized carbons (Fsp3) is 0.500. The van der Waals surface area contributed by atoms with Crippen LogP contribution in [0, 0.1) is 0 Å². The van der Waals surface area contributed by atoms with Crippen molar-refractivity contribution in [3.8, 4) is 0 Å². The van der Waals surface area contributed by atoms with Crippen LogP contribution in [0.1, 0.15) is 55.9 Å². The van der Waals surface area contributed by atoms with E-state index in [4.69, 9.17) is 0 Å². The summed E-state index contributed by atoms with van der Waals surface area (Å²) in [5, 5.41) is 4.99. The van der Waals surface area contributed by atoms with Crippen LogP contribution in [0.4, 0.5) is 0 Å². The predicted octanol–water partition coefficient (Wildman–Crippen LogP) is 2.87. The van der Waals surface area contributed by atoms with E-state index >= 15 is 0 Å². The quantitative estimate of drug-likeness (QED) is 0.691. The highest BCUT2D eigenvalue weighted by Crippen LogP contribution is 2.35. The van der Waals surface area contributed by atoms with E-state index < -0.39 is 9.84 Å². The van der Waals surface area contributed by atoms with Crippen LogP contribution in [0.15, 0.2) is 47.1 Å². The average Bonchev–Trinajstić information content (AvgIpc) is 2.99. The van der Waals surface area contributed by atoms with Crippen LogP contribution in [0.2, 0.25) is 0 Å². The standard InChI is InChI=1S/C24H31N3O4S/c1-4-32(30,31)12-11-26-19-9-10-20(26)15-18(14-19)25-23(28)21-13-17-7-5-6-8-22(17)27(16(2)3)24(21)29/h4-8,13,16,18-20H,1,9-12,14-15H2,2-3H3,(H,25,28)/t18-,19-,20+. The lowest BCUT2D eigenvalue weighted by atomic mass is 9.97. The van der Waals surface area contributed by atoms with Gasteiger partial charge in [-0.05, 0) is 57.0 Å². The van der Waals surface area contributed by atoms with Crippen LogP contribution in [-0.2, 0) is 9.84 Å². The molecule has 0 radical (unpaired) electrons. The first kappa shape index (κ1) is 22.7. The summed E-state index contributed by atoms with van der Waals surface area (Å²) in [7, 11) is -3.23. The van der Waals surface area contributed by atoms with E-state index in [0.717, 1.165) is 42.0 Å². The van der Waals surface area contributed by atoms with Crippen LogP contribution in [-0.4, -0.2) is 54.2 Å². The third-order valence-electron chi connectivity index (χ3n) is 6.81. The molecule has 0 aliphatic carbocycles. The van der Waals surface area contributed by atoms with E-state index in [2.05, 4.69) is 16.8 Å². The van der Waals surface area contributed by atoms with Crippen LogP contribution >= 0.6 is 0 Å². The fourth-order valence-corrected chi connectivity index (χ4v) is 5.93. The van der Waals surface area contributed by atoms with Crippen molar-refractivity contribution in [3.63, 3.8) is 0 Å². The number of sulfone groups is 1. The van der Waals surface area contributed by atoms with Gasteiger partial charge in [0.25, 0.3) is 11.5 Å². The van der Waals surface area contributed by atoms with Gasteiger partial charge in [0.05, 0.1) is 11.3 Å². The van der Waals surface area contributed by atoms with Crippen molar-refractivity contribution in [2.75, 3.05) is 12.3 Å². The van der Waals surface area contributed by atoms with Crippen molar-refractivity contribution in [1.82, 2.24) is 14.8 Å². The van der Waals surface area contributed by atoms with Gasteiger partial charge in [0.2, 0.25) is 0 Å². The van der Waals surface area contributed by atoms with Gasteiger partial charge in [0.1, 0.15) is 5.56 Å². The highest BCUT2D eigenvalue weighted by Gasteiger charge is 2.41. The Morgan fingerprint density at radius 3 is 2.50 bits per heavy atom. The normalized spacial score (nSPS) is 23.5. The monoisotopic (exact) mass is 457 g/mol. The fourth-order valence-electron chi connectivity index (χ4n) is 5.30. The molecule has 2 saturated heterocycles. The highest BCUT2D eigenvalue weighted by atomic mass is 32.2. The SMILES string of the molecule is C=CS(=O)(=O)CCN1[C@@H]2CC[C@H]1C[C@H](NC(=O)c1cc3ccccc3n(C(C)C)c1=O)C2. The van der Waals surface area contributed by atoms with Gasteiger partial charge < -0.3 is 9.88 Å². The van der Waals surface area contributed by atoms with Crippen LogP contribution in [0.3, 0.4) is 0 Å². The molecular formula is C24H31N3O4S. The van der Waals surface area contributed by atoms with E-state index in [1.165, 1.54) is 0 Å². The van der Waals surface area contributed by atoms with Crippen LogP contribution in [0.25, 0.3) is 10.9 Å². The van der Waals surface area contributed by atoms with Crippen molar-refractivity contribution in [3.05, 3.63) is 58.2 Å². The first-order valence-corrected chi connectivity index (χ1v) is 13.0. The van der Waals surface area contributed by atoms with Crippen LogP contribution in [0.5, 0.6) is 0 Å². The largest absolute Gasteiger partial charge is 0.349 e. The van der Waals surface area contributed by atoms with E-state index in [1.807, 2.05) is 38.1 Å². The Morgan fingerprint density at radius 1 is 1.22 bits per heavy atom. The van der Waals surface area contributed by atoms with Gasteiger partial charge >= 0.3 is 0 Å². The second kappa shape index (κ2) is 8.83. The predicted molar refractivity (Wildman–Crippen MR) is 127 cm³/mol. The number of nitrogens with one attached hydrogen (secondary N) is 1. The molecule has 8 heteroatoms. The third kappa shape index (κ3) is 4.38. The number of piperidine rings is 1. The lowest BCUT2D eigenvalue weighted by Gasteiger charge is -2.39. The average molecular weight is 458 g/mol. The van der Waals surface area contributed by atoms with Gasteiger partial charge in [0.15, 0.2) is 9.84 Å². The first-order valence-electron chi connectivity index (χ1n) is 11.3. The minimum absolute atomic E-state index is 0.0226. The maximum Gasteiger partial charge on any atom is 0.264 e. The summed E-state index contributed by atoms with van der Waals surface area (Å²) in [6.07, 6.45) is 3.53. The van der Waals surface area contributed by atoms with E-state index in [-0.39, 0.29) is 47.0 Å². The molecule has 4 rings (SSSR count). The number of benzene rings is 1. The Bertz CT molecular complexity index is 1190. The molecule has 2 aliphatic heterocycles. The minimum Gasteiger partial charge on any atom is -0.349 e. The topological polar surface area (TPSA) is 88.5 Å². The summed E-state index contributed by atoms with van der Waals surface area (Å²) in [5.41, 5.74) is 0.723. The Morgan fingerprint density at radius 2 is 1.88 bits per heavy atom. The molecule has 0 unspecified atom stereocenters. The zero-order chi connectivity index (χ0) is 23.0. The lowest BCUT2D eigenvalue weighted by molar-refractivity contribution is 0.0856. The summed E-state index contributed by atoms with van der Waals surface area (Å²) in [6.45, 7) is 7.76. The molecule has 172 valence electrons. The number of pyridine rings is 1. The number of amides is 1. The van der Waals surface area contributed by atoms with Crippen LogP contribution < -0.4 is 10.9 Å². The molecule has 2 aliphatic rings. The molecule has 1 aromatic heterocycles. The van der Waals surface area contributed by atoms with E-state index in [9.17, 15) is 18.0 Å². The van der Waals surface area contributed by atoms with Gasteiger partial charge in [0, 0.05) is 36.1 Å². The Labute approximate surface area is 189 Å². The number of para-hydroxylation sites is 1. The number of hydrogen-bond acceptors (Lipinski definition) is 5. The molecule has 2 aromatic rings. The number of carbonyl (C=O) groups is 1. The van der Waals surface area contributed by atoms with Crippen molar-refractivity contribution < 1.29 is 13.2 Å². The van der Waals surface area contributed by atoms with E-state index in [0.29, 0.717) is 6.54 Å². The zero-order valence-corrected chi connectivity index (χ0v) is 19.5. The Hall–Kier alpha value is -2.45. The number of fused-ring (bicyclic) bond motifs is 3. The minimum atomic E-state index is -3.23. The van der Waals surface area contributed by atoms with Crippen molar-refractivity contribution in [2.45, 2.75) is 63.7 Å². The number of rotatable bonds is 7. The van der Waals surface area contributed by atoms with E-state index in [1.54, 1.807) is 10.6 Å². The summed E-state index contributed by atoms with van der Waals surface area (Å²) < 4.78 is 25.3. The molecule has 32 heavy (non-hydrogen) atoms. The van der Waals surface area contributed by atoms with Gasteiger partial charge in [-0.15, -0.1) is 0 Å². The first-order chi connectivity index (χ1) is 15.2. The molecule has 7 nitrogen and oxygen atoms in total. The summed E-state index contributed by atoms with van der Waals surface area (Å²) in [6, 6.07) is 9.72. The molecule has 3 atom stereocenters. The summed E-state index contributed by atoms with van der Waals surface area (Å²) >= 11 is 0. The molecule has 0 saturated carbocycles. The van der Waals surface area contributed by atoms with Gasteiger partial charge in [-0.3, -0.25) is 14.5 Å². The molecular weight excluding hydrogens is 426 g/mol. The Kier molecular flexibility index (Phi) is 6.27. The molecule has 2 bridgehead atoms. The Balaban J connectivity index is 1.50. The third-order valence-corrected chi connectivity index (χ3v) is 8.07. The van der Waals surface area contributed by atoms with Crippen molar-refractivity contribution >= 4 is 26.6 Å². The number of nitrogens with zero attached hydrogens (tertiary/aromatic N) is 2. The number of carbonyl (C=O) groups excluding carboxylic acids is 1. The summed E-state index contributed by atoms with van der Waals surface area (Å²) in [4.78, 5) is 28.5. The molecule has 1 aromatic carbocycles. The number of aromatic nitrogens is 1. The summed E-state index contributed by atoms with van der Waals surface area (Å²) in [5.74, 6) is -0.256. The zero-order valence-electron chi connectivity index (χ0n) is 18.7. The molecule has 1 amide bonds. The smallest absolute Gasteiger partial charge is 0.264 e. The molecule has 1 N–H and O–H groups in total.